The van der Waals surface area contributed by atoms with Crippen molar-refractivity contribution in [2.24, 2.45) is 0 Å². The van der Waals surface area contributed by atoms with Gasteiger partial charge in [-0.1, -0.05) is 76.1 Å². The Morgan fingerprint density at radius 1 is 0.947 bits per heavy atom. The van der Waals surface area contributed by atoms with Gasteiger partial charge in [0.1, 0.15) is 0 Å². The molecule has 9 heteroatoms. The standard InChI is InChI=1S/C29H40N2O5SSi/c1-29(2,3)38(4,5)36-27-21-26(22-15-9-8-10-16-22)30(24-18-12-7-6-11-17-23(24)27)37(34,35)28-20-14-13-19-25(28)31(32)33/h8-10,13-16,19-20,26-27H,6-7,11-12,17-18,21H2,1-5H3/t26-,27-/m1/s1. The van der Waals surface area contributed by atoms with Crippen LogP contribution in [0.2, 0.25) is 18.1 Å². The maximum absolute atomic E-state index is 14.5. The van der Waals surface area contributed by atoms with E-state index in [1.807, 2.05) is 30.3 Å². The molecule has 7 nitrogen and oxygen atoms in total. The van der Waals surface area contributed by atoms with Gasteiger partial charge >= 0.3 is 0 Å². The van der Waals surface area contributed by atoms with E-state index in [4.69, 9.17) is 4.43 Å². The molecule has 0 bridgehead atoms. The number of rotatable bonds is 6. The van der Waals surface area contributed by atoms with Crippen molar-refractivity contribution < 1.29 is 17.8 Å². The van der Waals surface area contributed by atoms with Crippen molar-refractivity contribution in [1.29, 1.82) is 0 Å². The van der Waals surface area contributed by atoms with Crippen molar-refractivity contribution in [3.63, 3.8) is 0 Å². The van der Waals surface area contributed by atoms with E-state index in [9.17, 15) is 18.5 Å². The number of nitro benzene ring substituents is 1. The summed E-state index contributed by atoms with van der Waals surface area (Å²) in [4.78, 5) is 11.0. The Labute approximate surface area is 228 Å². The van der Waals surface area contributed by atoms with Crippen molar-refractivity contribution in [3.05, 3.63) is 81.5 Å². The molecule has 0 N–H and O–H groups in total. The van der Waals surface area contributed by atoms with Crippen molar-refractivity contribution in [2.45, 2.75) is 101 Å². The van der Waals surface area contributed by atoms with Crippen LogP contribution >= 0.6 is 0 Å². The second kappa shape index (κ2) is 10.9. The van der Waals surface area contributed by atoms with Crippen LogP contribution in [0.3, 0.4) is 0 Å². The predicted octanol–water partition coefficient (Wildman–Crippen LogP) is 7.73. The molecular weight excluding hydrogens is 516 g/mol. The fraction of sp³-hybridized carbons (Fsp3) is 0.517. The average molecular weight is 557 g/mol. The van der Waals surface area contributed by atoms with Crippen LogP contribution in [0.15, 0.2) is 70.8 Å². The second-order valence-corrected chi connectivity index (χ2v) is 18.5. The molecule has 1 heterocycles. The molecule has 0 unspecified atom stereocenters. The lowest BCUT2D eigenvalue weighted by molar-refractivity contribution is -0.387. The molecule has 206 valence electrons. The summed E-state index contributed by atoms with van der Waals surface area (Å²) < 4.78 is 37.5. The number of sulfonamides is 1. The predicted molar refractivity (Wildman–Crippen MR) is 153 cm³/mol. The molecule has 1 aliphatic carbocycles. The van der Waals surface area contributed by atoms with Crippen LogP contribution in [-0.2, 0) is 14.4 Å². The van der Waals surface area contributed by atoms with Crippen LogP contribution in [0.4, 0.5) is 5.69 Å². The number of para-hydroxylation sites is 1. The van der Waals surface area contributed by atoms with Gasteiger partial charge in [0.15, 0.2) is 13.2 Å². The second-order valence-electron chi connectivity index (χ2n) is 11.9. The maximum Gasteiger partial charge on any atom is 0.289 e. The van der Waals surface area contributed by atoms with Gasteiger partial charge < -0.3 is 4.43 Å². The zero-order chi connectivity index (χ0) is 27.7. The van der Waals surface area contributed by atoms with Crippen LogP contribution in [-0.4, -0.2) is 32.1 Å². The first-order valence-electron chi connectivity index (χ1n) is 13.6. The Balaban J connectivity index is 1.95. The van der Waals surface area contributed by atoms with E-state index in [1.54, 1.807) is 6.07 Å². The summed E-state index contributed by atoms with van der Waals surface area (Å²) in [5.74, 6) is 0. The highest BCUT2D eigenvalue weighted by Crippen LogP contribution is 2.48. The molecule has 0 amide bonds. The third-order valence-electron chi connectivity index (χ3n) is 8.38. The van der Waals surface area contributed by atoms with E-state index in [0.29, 0.717) is 12.8 Å². The van der Waals surface area contributed by atoms with Crippen LogP contribution in [0, 0.1) is 10.1 Å². The topological polar surface area (TPSA) is 89.8 Å². The Hall–Kier alpha value is -2.49. The van der Waals surface area contributed by atoms with Crippen LogP contribution in [0.1, 0.15) is 77.3 Å². The molecule has 1 aliphatic heterocycles. The summed E-state index contributed by atoms with van der Waals surface area (Å²) in [6, 6.07) is 14.8. The van der Waals surface area contributed by atoms with Crippen LogP contribution in [0.25, 0.3) is 0 Å². The number of nitro groups is 1. The van der Waals surface area contributed by atoms with E-state index in [0.717, 1.165) is 48.9 Å². The van der Waals surface area contributed by atoms with Gasteiger partial charge in [-0.3, -0.25) is 14.4 Å². The first kappa shape index (κ1) is 28.5. The lowest BCUT2D eigenvalue weighted by Crippen LogP contribution is -2.49. The average Bonchev–Trinajstić information content (AvgIpc) is 2.84. The fourth-order valence-electron chi connectivity index (χ4n) is 5.34. The first-order valence-corrected chi connectivity index (χ1v) is 17.9. The lowest BCUT2D eigenvalue weighted by atomic mass is 9.85. The Morgan fingerprint density at radius 2 is 1.55 bits per heavy atom. The van der Waals surface area contributed by atoms with Crippen LogP contribution in [0.5, 0.6) is 0 Å². The molecule has 0 aromatic heterocycles. The van der Waals surface area contributed by atoms with Gasteiger partial charge in [-0.25, -0.2) is 8.42 Å². The minimum Gasteiger partial charge on any atom is -0.410 e. The maximum atomic E-state index is 14.5. The smallest absolute Gasteiger partial charge is 0.289 e. The molecule has 0 radical (unpaired) electrons. The molecule has 4 rings (SSSR count). The van der Waals surface area contributed by atoms with Gasteiger partial charge in [-0.15, -0.1) is 0 Å². The van der Waals surface area contributed by atoms with Gasteiger partial charge in [0.2, 0.25) is 0 Å². The van der Waals surface area contributed by atoms with E-state index < -0.39 is 35.0 Å². The first-order chi connectivity index (χ1) is 17.8. The summed E-state index contributed by atoms with van der Waals surface area (Å²) in [7, 11) is -6.41. The van der Waals surface area contributed by atoms with Crippen molar-refractivity contribution >= 4 is 24.0 Å². The highest BCUT2D eigenvalue weighted by Gasteiger charge is 2.47. The van der Waals surface area contributed by atoms with Gasteiger partial charge in [-0.2, -0.15) is 0 Å². The zero-order valence-corrected chi connectivity index (χ0v) is 25.0. The minimum atomic E-state index is -4.24. The van der Waals surface area contributed by atoms with E-state index in [-0.39, 0.29) is 16.0 Å². The number of hydrogen-bond acceptors (Lipinski definition) is 5. The highest BCUT2D eigenvalue weighted by molar-refractivity contribution is 7.89. The number of benzene rings is 2. The molecule has 2 aromatic rings. The van der Waals surface area contributed by atoms with Gasteiger partial charge in [0.25, 0.3) is 15.7 Å². The molecule has 0 fully saturated rings. The SMILES string of the molecule is CC(C)(C)[Si](C)(C)O[C@@H]1C[C@H](c2ccccc2)N(S(=O)(=O)c2ccccc2[N+](=O)[O-])C2=C1CCCCCC2. The molecule has 0 spiro atoms. The number of hydrogen-bond donors (Lipinski definition) is 0. The van der Waals surface area contributed by atoms with Crippen LogP contribution < -0.4 is 0 Å². The van der Waals surface area contributed by atoms with Crippen molar-refractivity contribution in [3.8, 4) is 0 Å². The molecule has 38 heavy (non-hydrogen) atoms. The van der Waals surface area contributed by atoms with E-state index in [1.165, 1.54) is 22.5 Å². The summed E-state index contributed by atoms with van der Waals surface area (Å²) >= 11 is 0. The molecule has 2 atom stereocenters. The van der Waals surface area contributed by atoms with Gasteiger partial charge in [0, 0.05) is 18.2 Å². The molecular formula is C29H40N2O5SSi. The summed E-state index contributed by atoms with van der Waals surface area (Å²) in [6.45, 7) is 11.1. The third kappa shape index (κ3) is 5.60. The van der Waals surface area contributed by atoms with Gasteiger partial charge in [0.05, 0.1) is 17.1 Å². The minimum absolute atomic E-state index is 0.00540. The summed E-state index contributed by atoms with van der Waals surface area (Å²) in [6.07, 6.45) is 5.65. The number of allylic oxidation sites excluding steroid dienone is 1. The lowest BCUT2D eigenvalue weighted by Gasteiger charge is -2.47. The van der Waals surface area contributed by atoms with E-state index in [2.05, 4.69) is 33.9 Å². The largest absolute Gasteiger partial charge is 0.410 e. The summed E-state index contributed by atoms with van der Waals surface area (Å²) in [5.41, 5.74) is 2.30. The summed E-state index contributed by atoms with van der Waals surface area (Å²) in [5, 5.41) is 11.9. The number of nitrogens with zero attached hydrogens (tertiary/aromatic N) is 2. The Morgan fingerprint density at radius 3 is 2.18 bits per heavy atom. The molecule has 0 saturated heterocycles. The van der Waals surface area contributed by atoms with E-state index >= 15 is 0 Å². The zero-order valence-electron chi connectivity index (χ0n) is 23.1. The quantitative estimate of drug-likeness (QED) is 0.206. The molecule has 2 aromatic carbocycles. The normalized spacial score (nSPS) is 21.4. The molecule has 2 aliphatic rings. The fourth-order valence-corrected chi connectivity index (χ4v) is 8.55. The Kier molecular flexibility index (Phi) is 8.21. The third-order valence-corrected chi connectivity index (χ3v) is 14.8. The van der Waals surface area contributed by atoms with Gasteiger partial charge in [-0.05, 0) is 61.0 Å². The van der Waals surface area contributed by atoms with Crippen molar-refractivity contribution in [1.82, 2.24) is 4.31 Å². The monoisotopic (exact) mass is 556 g/mol. The molecule has 0 saturated carbocycles. The van der Waals surface area contributed by atoms with Crippen molar-refractivity contribution in [2.75, 3.05) is 0 Å². The Bertz CT molecular complexity index is 1300. The highest BCUT2D eigenvalue weighted by atomic mass is 32.2.